The van der Waals surface area contributed by atoms with Crippen LogP contribution in [0, 0.1) is 29.6 Å². The monoisotopic (exact) mass is 432 g/mol. The molecule has 0 radical (unpaired) electrons. The predicted octanol–water partition coefficient (Wildman–Crippen LogP) is 4.53. The lowest BCUT2D eigenvalue weighted by Crippen LogP contribution is -2.53. The van der Waals surface area contributed by atoms with E-state index in [0.29, 0.717) is 29.9 Å². The predicted molar refractivity (Wildman–Crippen MR) is 107 cm³/mol. The number of carbonyl (C=O) groups excluding carboxylic acids is 1. The highest BCUT2D eigenvalue weighted by Crippen LogP contribution is 2.57. The molecule has 0 aromatic carbocycles. The Hall–Kier alpha value is -2.12. The Morgan fingerprint density at radius 1 is 1.00 bits per heavy atom. The number of nitrogens with zero attached hydrogens (tertiary/aromatic N) is 4. The summed E-state index contributed by atoms with van der Waals surface area (Å²) < 4.78 is 41.1. The van der Waals surface area contributed by atoms with Gasteiger partial charge in [-0.25, -0.2) is 0 Å². The lowest BCUT2D eigenvalue weighted by Gasteiger charge is -2.54. The van der Waals surface area contributed by atoms with Crippen molar-refractivity contribution in [1.29, 1.82) is 0 Å². The average molecular weight is 432 g/mol. The first kappa shape index (κ1) is 19.6. The minimum atomic E-state index is -4.41. The third-order valence-electron chi connectivity index (χ3n) is 8.37. The zero-order valence-corrected chi connectivity index (χ0v) is 17.4. The molecular weight excluding hydrogens is 405 g/mol. The molecule has 4 bridgehead atoms. The minimum Gasteiger partial charge on any atom is -0.342 e. The smallest absolute Gasteiger partial charge is 0.342 e. The van der Waals surface area contributed by atoms with Gasteiger partial charge < -0.3 is 4.90 Å². The summed E-state index contributed by atoms with van der Waals surface area (Å²) in [4.78, 5) is 15.6. The van der Waals surface area contributed by atoms with Crippen LogP contribution in [0.2, 0.25) is 0 Å². The Labute approximate surface area is 179 Å². The zero-order chi connectivity index (χ0) is 21.3. The number of halogens is 3. The molecular formula is C23H27F3N4O. The van der Waals surface area contributed by atoms with Gasteiger partial charge in [0.25, 0.3) is 0 Å². The van der Waals surface area contributed by atoms with E-state index >= 15 is 0 Å². The number of carbonyl (C=O) groups is 1. The maximum Gasteiger partial charge on any atom is 0.417 e. The first-order valence-electron chi connectivity index (χ1n) is 11.6. The Bertz CT molecular complexity index is 988. The van der Waals surface area contributed by atoms with Crippen molar-refractivity contribution in [2.75, 3.05) is 13.1 Å². The van der Waals surface area contributed by atoms with Gasteiger partial charge in [0.05, 0.1) is 5.56 Å². The second-order valence-electron chi connectivity index (χ2n) is 10.3. The molecule has 1 atom stereocenters. The van der Waals surface area contributed by atoms with Crippen molar-refractivity contribution >= 4 is 11.6 Å². The van der Waals surface area contributed by atoms with E-state index in [1.54, 1.807) is 0 Å². The molecule has 1 saturated heterocycles. The molecule has 5 fully saturated rings. The van der Waals surface area contributed by atoms with E-state index in [-0.39, 0.29) is 17.7 Å². The van der Waals surface area contributed by atoms with Crippen LogP contribution in [0.4, 0.5) is 13.2 Å². The van der Waals surface area contributed by atoms with E-state index in [1.807, 2.05) is 4.90 Å². The van der Waals surface area contributed by atoms with Gasteiger partial charge in [-0.1, -0.05) is 0 Å². The summed E-state index contributed by atoms with van der Waals surface area (Å²) in [5.74, 6) is 3.59. The summed E-state index contributed by atoms with van der Waals surface area (Å²) in [7, 11) is 0. The van der Waals surface area contributed by atoms with Crippen LogP contribution >= 0.6 is 0 Å². The molecule has 5 nitrogen and oxygen atoms in total. The van der Waals surface area contributed by atoms with Gasteiger partial charge in [-0.15, -0.1) is 10.2 Å². The third-order valence-corrected chi connectivity index (χ3v) is 8.37. The molecule has 3 heterocycles. The average Bonchev–Trinajstić information content (AvgIpc) is 3.16. The van der Waals surface area contributed by atoms with Crippen LogP contribution in [-0.2, 0) is 11.0 Å². The Morgan fingerprint density at radius 3 is 2.39 bits per heavy atom. The largest absolute Gasteiger partial charge is 0.417 e. The van der Waals surface area contributed by atoms with Crippen molar-refractivity contribution < 1.29 is 18.0 Å². The molecule has 5 aliphatic rings. The fourth-order valence-corrected chi connectivity index (χ4v) is 7.28. The summed E-state index contributed by atoms with van der Waals surface area (Å²) >= 11 is 0. The van der Waals surface area contributed by atoms with E-state index < -0.39 is 11.7 Å². The summed E-state index contributed by atoms with van der Waals surface area (Å²) in [6.07, 6.45) is 4.50. The number of piperidine rings is 1. The number of fused-ring (bicyclic) bond motifs is 1. The number of alkyl halides is 3. The first-order chi connectivity index (χ1) is 14.9. The lowest BCUT2D eigenvalue weighted by molar-refractivity contribution is -0.150. The van der Waals surface area contributed by atoms with Crippen molar-refractivity contribution in [2.24, 2.45) is 29.6 Å². The highest BCUT2D eigenvalue weighted by Gasteiger charge is 2.51. The number of aromatic nitrogens is 3. The van der Waals surface area contributed by atoms with Gasteiger partial charge in [-0.05, 0) is 80.8 Å². The minimum absolute atomic E-state index is 0.0898. The van der Waals surface area contributed by atoms with Crippen LogP contribution < -0.4 is 0 Å². The van der Waals surface area contributed by atoms with Crippen LogP contribution in [-0.4, -0.2) is 38.5 Å². The van der Waals surface area contributed by atoms with Crippen molar-refractivity contribution in [1.82, 2.24) is 19.5 Å². The zero-order valence-electron chi connectivity index (χ0n) is 17.4. The highest BCUT2D eigenvalue weighted by atomic mass is 19.4. The van der Waals surface area contributed by atoms with Gasteiger partial charge in [0.2, 0.25) is 5.91 Å². The van der Waals surface area contributed by atoms with E-state index in [4.69, 9.17) is 0 Å². The lowest BCUT2D eigenvalue weighted by atomic mass is 9.51. The van der Waals surface area contributed by atoms with Gasteiger partial charge in [-0.3, -0.25) is 9.20 Å². The molecule has 0 N–H and O–H groups in total. The van der Waals surface area contributed by atoms with Crippen LogP contribution in [0.3, 0.4) is 0 Å². The van der Waals surface area contributed by atoms with E-state index in [9.17, 15) is 18.0 Å². The Morgan fingerprint density at radius 2 is 1.71 bits per heavy atom. The normalized spacial score (nSPS) is 35.1. The van der Waals surface area contributed by atoms with Crippen LogP contribution in [0.25, 0.3) is 5.65 Å². The van der Waals surface area contributed by atoms with Gasteiger partial charge in [0, 0.05) is 31.1 Å². The van der Waals surface area contributed by atoms with Crippen molar-refractivity contribution in [2.45, 2.75) is 57.0 Å². The number of hydrogen-bond donors (Lipinski definition) is 0. The van der Waals surface area contributed by atoms with Gasteiger partial charge in [-0.2, -0.15) is 13.2 Å². The fraction of sp³-hybridized carbons (Fsp3) is 0.696. The van der Waals surface area contributed by atoms with Gasteiger partial charge >= 0.3 is 6.18 Å². The number of amides is 1. The van der Waals surface area contributed by atoms with Crippen molar-refractivity contribution in [3.63, 3.8) is 0 Å². The topological polar surface area (TPSA) is 50.5 Å². The molecule has 1 amide bonds. The first-order valence-corrected chi connectivity index (χ1v) is 11.6. The SMILES string of the molecule is O=C(C1C2CC3CC(C2)CC1C3)N1CCCC(c2nnc3ccc(C(F)(F)F)cn23)C1. The number of pyridine rings is 1. The van der Waals surface area contributed by atoms with Gasteiger partial charge in [0.15, 0.2) is 5.65 Å². The Balaban J connectivity index is 1.24. The molecule has 4 aliphatic carbocycles. The van der Waals surface area contributed by atoms with Crippen molar-refractivity contribution in [3.05, 3.63) is 29.7 Å². The standard InChI is InChI=1S/C23H27F3N4O/c24-23(25,26)18-3-4-19-27-28-21(30(19)12-18)15-2-1-5-29(11-15)22(31)20-16-7-13-6-14(9-16)10-17(20)8-13/h3-4,12-17,20H,1-2,5-11H2. The summed E-state index contributed by atoms with van der Waals surface area (Å²) in [6.45, 7) is 1.27. The van der Waals surface area contributed by atoms with Crippen LogP contribution in [0.1, 0.15) is 62.3 Å². The van der Waals surface area contributed by atoms with Gasteiger partial charge in [0.1, 0.15) is 5.82 Å². The maximum atomic E-state index is 13.6. The highest BCUT2D eigenvalue weighted by molar-refractivity contribution is 5.80. The summed E-state index contributed by atoms with van der Waals surface area (Å²) in [5.41, 5.74) is -0.300. The van der Waals surface area contributed by atoms with E-state index in [0.717, 1.165) is 43.5 Å². The summed E-state index contributed by atoms with van der Waals surface area (Å²) in [6, 6.07) is 2.40. The third kappa shape index (κ3) is 3.24. The fourth-order valence-electron chi connectivity index (χ4n) is 7.28. The molecule has 166 valence electrons. The Kier molecular flexibility index (Phi) is 4.38. The molecule has 0 spiro atoms. The molecule has 4 saturated carbocycles. The number of likely N-dealkylation sites (tertiary alicyclic amines) is 1. The molecule has 31 heavy (non-hydrogen) atoms. The quantitative estimate of drug-likeness (QED) is 0.701. The number of rotatable bonds is 2. The molecule has 2 aromatic heterocycles. The molecule has 2 aromatic rings. The van der Waals surface area contributed by atoms with E-state index in [1.165, 1.54) is 42.6 Å². The van der Waals surface area contributed by atoms with Crippen LogP contribution in [0.5, 0.6) is 0 Å². The number of hydrogen-bond acceptors (Lipinski definition) is 3. The van der Waals surface area contributed by atoms with Crippen molar-refractivity contribution in [3.8, 4) is 0 Å². The second kappa shape index (κ2) is 6.94. The maximum absolute atomic E-state index is 13.6. The summed E-state index contributed by atoms with van der Waals surface area (Å²) in [5, 5.41) is 8.31. The second-order valence-corrected chi connectivity index (χ2v) is 10.3. The molecule has 8 heteroatoms. The molecule has 1 unspecified atom stereocenters. The molecule has 1 aliphatic heterocycles. The van der Waals surface area contributed by atoms with Crippen LogP contribution in [0.15, 0.2) is 18.3 Å². The molecule has 7 rings (SSSR count). The van der Waals surface area contributed by atoms with E-state index in [2.05, 4.69) is 10.2 Å².